The van der Waals surface area contributed by atoms with E-state index < -0.39 is 6.10 Å². The average molecular weight is 266 g/mol. The highest BCUT2D eigenvalue weighted by atomic mass is 16.5. The Morgan fingerprint density at radius 2 is 1.58 bits per heavy atom. The summed E-state index contributed by atoms with van der Waals surface area (Å²) in [5.41, 5.74) is 0.883. The van der Waals surface area contributed by atoms with Crippen molar-refractivity contribution in [3.63, 3.8) is 0 Å². The van der Waals surface area contributed by atoms with Crippen LogP contribution in [0.15, 0.2) is 18.2 Å². The first kappa shape index (κ1) is 15.8. The second kappa shape index (κ2) is 7.39. The molecular weight excluding hydrogens is 240 g/mol. The van der Waals surface area contributed by atoms with Gasteiger partial charge in [0.05, 0.1) is 19.3 Å². The highest BCUT2D eigenvalue weighted by Crippen LogP contribution is 2.34. The van der Waals surface area contributed by atoms with Crippen molar-refractivity contribution in [3.05, 3.63) is 23.8 Å². The van der Waals surface area contributed by atoms with Crippen molar-refractivity contribution in [1.29, 1.82) is 0 Å². The standard InChI is InChI=1S/C16H26O3/c1-6-18-14-9-8-13(10-15(14)19-7-2)16(17)12(5)11(3)4/h8-12,16-17H,6-7H2,1-5H3. The lowest BCUT2D eigenvalue weighted by molar-refractivity contribution is 0.0917. The van der Waals surface area contributed by atoms with E-state index >= 15 is 0 Å². The normalized spacial score (nSPS) is 14.3. The van der Waals surface area contributed by atoms with E-state index in [0.717, 1.165) is 11.3 Å². The molecule has 3 heteroatoms. The molecule has 1 aromatic carbocycles. The third kappa shape index (κ3) is 4.13. The number of hydrogen-bond acceptors (Lipinski definition) is 3. The number of aliphatic hydroxyl groups is 1. The van der Waals surface area contributed by atoms with Crippen LogP contribution >= 0.6 is 0 Å². The Bertz CT molecular complexity index is 388. The first-order valence-electron chi connectivity index (χ1n) is 7.08. The van der Waals surface area contributed by atoms with E-state index in [-0.39, 0.29) is 5.92 Å². The predicted octanol–water partition coefficient (Wildman–Crippen LogP) is 3.81. The molecule has 1 aromatic rings. The molecular formula is C16H26O3. The van der Waals surface area contributed by atoms with E-state index in [0.29, 0.717) is 24.9 Å². The summed E-state index contributed by atoms with van der Waals surface area (Å²) in [6.45, 7) is 11.4. The van der Waals surface area contributed by atoms with Gasteiger partial charge in [-0.2, -0.15) is 0 Å². The number of hydrogen-bond donors (Lipinski definition) is 1. The highest BCUT2D eigenvalue weighted by Gasteiger charge is 2.20. The predicted molar refractivity (Wildman–Crippen MR) is 77.7 cm³/mol. The lowest BCUT2D eigenvalue weighted by Gasteiger charge is -2.23. The van der Waals surface area contributed by atoms with E-state index in [1.54, 1.807) is 0 Å². The van der Waals surface area contributed by atoms with E-state index in [2.05, 4.69) is 20.8 Å². The van der Waals surface area contributed by atoms with E-state index in [4.69, 9.17) is 9.47 Å². The molecule has 0 heterocycles. The topological polar surface area (TPSA) is 38.7 Å². The monoisotopic (exact) mass is 266 g/mol. The Balaban J connectivity index is 3.00. The summed E-state index contributed by atoms with van der Waals surface area (Å²) in [5.74, 6) is 2.07. The molecule has 2 atom stereocenters. The Kier molecular flexibility index (Phi) is 6.16. The van der Waals surface area contributed by atoms with Gasteiger partial charge in [-0.25, -0.2) is 0 Å². The first-order chi connectivity index (χ1) is 9.01. The molecule has 2 unspecified atom stereocenters. The van der Waals surface area contributed by atoms with Crippen LogP contribution in [0.4, 0.5) is 0 Å². The van der Waals surface area contributed by atoms with Gasteiger partial charge in [0.1, 0.15) is 0 Å². The fraction of sp³-hybridized carbons (Fsp3) is 0.625. The van der Waals surface area contributed by atoms with Crippen LogP contribution in [0, 0.1) is 11.8 Å². The molecule has 0 saturated carbocycles. The average Bonchev–Trinajstić information content (AvgIpc) is 2.39. The zero-order chi connectivity index (χ0) is 14.4. The van der Waals surface area contributed by atoms with Gasteiger partial charge in [-0.3, -0.25) is 0 Å². The van der Waals surface area contributed by atoms with Crippen molar-refractivity contribution in [2.45, 2.75) is 40.7 Å². The molecule has 0 radical (unpaired) electrons. The van der Waals surface area contributed by atoms with E-state index in [1.807, 2.05) is 32.0 Å². The minimum absolute atomic E-state index is 0.201. The molecule has 0 bridgehead atoms. The van der Waals surface area contributed by atoms with Crippen molar-refractivity contribution < 1.29 is 14.6 Å². The van der Waals surface area contributed by atoms with Crippen LogP contribution in [0.3, 0.4) is 0 Å². The Hall–Kier alpha value is -1.22. The Morgan fingerprint density at radius 3 is 2.11 bits per heavy atom. The van der Waals surface area contributed by atoms with Crippen LogP contribution in [0.1, 0.15) is 46.3 Å². The van der Waals surface area contributed by atoms with Gasteiger partial charge in [0.2, 0.25) is 0 Å². The maximum absolute atomic E-state index is 10.4. The van der Waals surface area contributed by atoms with Crippen molar-refractivity contribution in [1.82, 2.24) is 0 Å². The Morgan fingerprint density at radius 1 is 1.00 bits per heavy atom. The number of benzene rings is 1. The largest absolute Gasteiger partial charge is 0.490 e. The molecule has 0 saturated heterocycles. The summed E-state index contributed by atoms with van der Waals surface area (Å²) in [5, 5.41) is 10.4. The maximum atomic E-state index is 10.4. The second-order valence-electron chi connectivity index (χ2n) is 5.12. The fourth-order valence-electron chi connectivity index (χ4n) is 1.92. The molecule has 0 aliphatic heterocycles. The van der Waals surface area contributed by atoms with Crippen LogP contribution < -0.4 is 9.47 Å². The van der Waals surface area contributed by atoms with Gasteiger partial charge in [0, 0.05) is 0 Å². The molecule has 0 aliphatic rings. The highest BCUT2D eigenvalue weighted by molar-refractivity contribution is 5.43. The summed E-state index contributed by atoms with van der Waals surface area (Å²) >= 11 is 0. The van der Waals surface area contributed by atoms with Crippen molar-refractivity contribution >= 4 is 0 Å². The fourth-order valence-corrected chi connectivity index (χ4v) is 1.92. The zero-order valence-corrected chi connectivity index (χ0v) is 12.6. The van der Waals surface area contributed by atoms with Gasteiger partial charge in [0.25, 0.3) is 0 Å². The number of aliphatic hydroxyl groups excluding tert-OH is 1. The number of rotatable bonds is 7. The maximum Gasteiger partial charge on any atom is 0.161 e. The second-order valence-corrected chi connectivity index (χ2v) is 5.12. The Labute approximate surface area is 116 Å². The van der Waals surface area contributed by atoms with Gasteiger partial charge < -0.3 is 14.6 Å². The van der Waals surface area contributed by atoms with E-state index in [1.165, 1.54) is 0 Å². The third-order valence-corrected chi connectivity index (χ3v) is 3.46. The zero-order valence-electron chi connectivity index (χ0n) is 12.6. The molecule has 0 amide bonds. The lowest BCUT2D eigenvalue weighted by Crippen LogP contribution is -2.15. The van der Waals surface area contributed by atoms with Crippen molar-refractivity contribution in [3.8, 4) is 11.5 Å². The molecule has 1 N–H and O–H groups in total. The van der Waals surface area contributed by atoms with Gasteiger partial charge in [0.15, 0.2) is 11.5 Å². The van der Waals surface area contributed by atoms with Gasteiger partial charge in [-0.15, -0.1) is 0 Å². The first-order valence-corrected chi connectivity index (χ1v) is 7.08. The summed E-state index contributed by atoms with van der Waals surface area (Å²) in [6, 6.07) is 5.68. The molecule has 19 heavy (non-hydrogen) atoms. The summed E-state index contributed by atoms with van der Waals surface area (Å²) in [6.07, 6.45) is -0.477. The van der Waals surface area contributed by atoms with Crippen LogP contribution in [0.25, 0.3) is 0 Å². The van der Waals surface area contributed by atoms with Gasteiger partial charge in [-0.05, 0) is 43.4 Å². The van der Waals surface area contributed by atoms with E-state index in [9.17, 15) is 5.11 Å². The molecule has 0 aliphatic carbocycles. The molecule has 0 spiro atoms. The van der Waals surface area contributed by atoms with Crippen LogP contribution in [-0.4, -0.2) is 18.3 Å². The smallest absolute Gasteiger partial charge is 0.161 e. The van der Waals surface area contributed by atoms with Crippen molar-refractivity contribution in [2.75, 3.05) is 13.2 Å². The molecule has 3 nitrogen and oxygen atoms in total. The lowest BCUT2D eigenvalue weighted by atomic mass is 9.88. The quantitative estimate of drug-likeness (QED) is 0.815. The number of ether oxygens (including phenoxy) is 2. The summed E-state index contributed by atoms with van der Waals surface area (Å²) in [7, 11) is 0. The molecule has 0 fully saturated rings. The molecule has 0 aromatic heterocycles. The van der Waals surface area contributed by atoms with Gasteiger partial charge in [-0.1, -0.05) is 26.8 Å². The van der Waals surface area contributed by atoms with Crippen LogP contribution in [0.5, 0.6) is 11.5 Å². The summed E-state index contributed by atoms with van der Waals surface area (Å²) in [4.78, 5) is 0. The van der Waals surface area contributed by atoms with Crippen molar-refractivity contribution in [2.24, 2.45) is 11.8 Å². The SMILES string of the molecule is CCOc1ccc(C(O)C(C)C(C)C)cc1OCC. The molecule has 1 rings (SSSR count). The van der Waals surface area contributed by atoms with Crippen LogP contribution in [0.2, 0.25) is 0 Å². The van der Waals surface area contributed by atoms with Crippen LogP contribution in [-0.2, 0) is 0 Å². The minimum atomic E-state index is -0.477. The summed E-state index contributed by atoms with van der Waals surface area (Å²) < 4.78 is 11.1. The minimum Gasteiger partial charge on any atom is -0.490 e. The van der Waals surface area contributed by atoms with Gasteiger partial charge >= 0.3 is 0 Å². The molecule has 108 valence electrons. The third-order valence-electron chi connectivity index (χ3n) is 3.46.